The number of hydrogen-bond donors (Lipinski definition) is 2. The molecule has 0 atom stereocenters. The maximum Gasteiger partial charge on any atom is 0.193 e. The Labute approximate surface area is 139 Å². The van der Waals surface area contributed by atoms with Gasteiger partial charge < -0.3 is 20.4 Å². The number of aryl methyl sites for hydroxylation is 1. The molecule has 1 aliphatic heterocycles. The third-order valence-corrected chi connectivity index (χ3v) is 4.05. The molecule has 0 unspecified atom stereocenters. The third-order valence-electron chi connectivity index (χ3n) is 3.75. The van der Waals surface area contributed by atoms with Crippen molar-refractivity contribution in [3.05, 3.63) is 34.9 Å². The minimum absolute atomic E-state index is 0.305. The van der Waals surface area contributed by atoms with Crippen molar-refractivity contribution in [2.24, 2.45) is 10.7 Å². The van der Waals surface area contributed by atoms with Gasteiger partial charge in [0.05, 0.1) is 12.1 Å². The second-order valence-corrected chi connectivity index (χ2v) is 5.72. The number of halogens is 1. The molecule has 1 aromatic carbocycles. The SMILES string of the molecule is COc1ccc(NC(N)=NCc2nnc3n2CCCC3)cc1Cl. The number of methoxy groups -OCH3 is 1. The van der Waals surface area contributed by atoms with Gasteiger partial charge in [-0.1, -0.05) is 11.6 Å². The largest absolute Gasteiger partial charge is 0.495 e. The maximum absolute atomic E-state index is 6.08. The number of guanidine groups is 1. The molecule has 0 saturated carbocycles. The summed E-state index contributed by atoms with van der Waals surface area (Å²) in [5.74, 6) is 2.80. The highest BCUT2D eigenvalue weighted by Crippen LogP contribution is 2.27. The molecule has 122 valence electrons. The molecule has 0 spiro atoms. The van der Waals surface area contributed by atoms with E-state index in [1.807, 2.05) is 6.07 Å². The van der Waals surface area contributed by atoms with E-state index in [2.05, 4.69) is 25.1 Å². The summed E-state index contributed by atoms with van der Waals surface area (Å²) in [6.45, 7) is 1.35. The van der Waals surface area contributed by atoms with E-state index in [9.17, 15) is 0 Å². The predicted octanol–water partition coefficient (Wildman–Crippen LogP) is 2.20. The van der Waals surface area contributed by atoms with E-state index < -0.39 is 0 Å². The molecule has 0 fully saturated rings. The van der Waals surface area contributed by atoms with Crippen LogP contribution in [0.25, 0.3) is 0 Å². The Morgan fingerprint density at radius 2 is 2.30 bits per heavy atom. The lowest BCUT2D eigenvalue weighted by molar-refractivity contribution is 0.415. The summed E-state index contributed by atoms with van der Waals surface area (Å²) >= 11 is 6.08. The molecule has 23 heavy (non-hydrogen) atoms. The van der Waals surface area contributed by atoms with Gasteiger partial charge in [0.1, 0.15) is 18.1 Å². The predicted molar refractivity (Wildman–Crippen MR) is 89.9 cm³/mol. The Bertz CT molecular complexity index is 727. The quantitative estimate of drug-likeness (QED) is 0.660. The Morgan fingerprint density at radius 3 is 3.09 bits per heavy atom. The number of hydrogen-bond acceptors (Lipinski definition) is 4. The zero-order chi connectivity index (χ0) is 16.2. The van der Waals surface area contributed by atoms with E-state index in [0.29, 0.717) is 23.3 Å². The summed E-state index contributed by atoms with van der Waals surface area (Å²) in [7, 11) is 1.57. The second-order valence-electron chi connectivity index (χ2n) is 5.32. The van der Waals surface area contributed by atoms with Crippen LogP contribution in [0.2, 0.25) is 5.02 Å². The molecule has 0 amide bonds. The number of aromatic nitrogens is 3. The van der Waals surface area contributed by atoms with Gasteiger partial charge in [0, 0.05) is 18.7 Å². The first-order chi connectivity index (χ1) is 11.2. The van der Waals surface area contributed by atoms with Gasteiger partial charge in [0.2, 0.25) is 0 Å². The van der Waals surface area contributed by atoms with E-state index in [4.69, 9.17) is 22.1 Å². The molecule has 2 heterocycles. The summed E-state index contributed by atoms with van der Waals surface area (Å²) in [5, 5.41) is 11.9. The van der Waals surface area contributed by atoms with Crippen molar-refractivity contribution in [3.63, 3.8) is 0 Å². The van der Waals surface area contributed by atoms with Crippen LogP contribution >= 0.6 is 11.6 Å². The number of fused-ring (bicyclic) bond motifs is 1. The molecule has 0 saturated heterocycles. The fourth-order valence-corrected chi connectivity index (χ4v) is 2.83. The number of aliphatic imine (C=N–C) groups is 1. The standard InChI is InChI=1S/C15H19ClN6O/c1-23-12-6-5-10(8-11(12)16)19-15(17)18-9-14-21-20-13-4-2-3-7-22(13)14/h5-6,8H,2-4,7,9H2,1H3,(H3,17,18,19). The van der Waals surface area contributed by atoms with E-state index in [-0.39, 0.29) is 0 Å². The highest BCUT2D eigenvalue weighted by molar-refractivity contribution is 6.32. The summed E-state index contributed by atoms with van der Waals surface area (Å²) in [4.78, 5) is 4.33. The Kier molecular flexibility index (Phi) is 4.66. The first-order valence-electron chi connectivity index (χ1n) is 7.49. The lowest BCUT2D eigenvalue weighted by Gasteiger charge is -2.14. The van der Waals surface area contributed by atoms with Crippen molar-refractivity contribution < 1.29 is 4.74 Å². The number of ether oxygens (including phenoxy) is 1. The van der Waals surface area contributed by atoms with Gasteiger partial charge in [0.15, 0.2) is 11.8 Å². The molecule has 7 nitrogen and oxygen atoms in total. The molecule has 1 aliphatic rings. The topological polar surface area (TPSA) is 90.3 Å². The van der Waals surface area contributed by atoms with E-state index in [0.717, 1.165) is 36.7 Å². The molecule has 2 aromatic rings. The monoisotopic (exact) mass is 334 g/mol. The van der Waals surface area contributed by atoms with E-state index in [1.165, 1.54) is 6.42 Å². The van der Waals surface area contributed by atoms with Gasteiger partial charge in [0.25, 0.3) is 0 Å². The van der Waals surface area contributed by atoms with Crippen LogP contribution in [0, 0.1) is 0 Å². The molecule has 3 rings (SSSR count). The van der Waals surface area contributed by atoms with E-state index in [1.54, 1.807) is 19.2 Å². The Morgan fingerprint density at radius 1 is 1.43 bits per heavy atom. The number of nitrogens with zero attached hydrogens (tertiary/aromatic N) is 4. The molecule has 8 heteroatoms. The number of nitrogens with two attached hydrogens (primary N) is 1. The summed E-state index contributed by atoms with van der Waals surface area (Å²) in [6.07, 6.45) is 3.30. The number of benzene rings is 1. The number of rotatable bonds is 4. The molecule has 0 aliphatic carbocycles. The zero-order valence-electron chi connectivity index (χ0n) is 12.9. The van der Waals surface area contributed by atoms with Crippen LogP contribution in [0.1, 0.15) is 24.5 Å². The molecular formula is C15H19ClN6O. The van der Waals surface area contributed by atoms with Crippen molar-refractivity contribution in [1.29, 1.82) is 0 Å². The third kappa shape index (κ3) is 3.56. The summed E-state index contributed by atoms with van der Waals surface area (Å²) < 4.78 is 7.24. The normalized spacial score (nSPS) is 14.4. The lowest BCUT2D eigenvalue weighted by Crippen LogP contribution is -2.23. The highest BCUT2D eigenvalue weighted by Gasteiger charge is 2.15. The Balaban J connectivity index is 1.66. The first kappa shape index (κ1) is 15.6. The average Bonchev–Trinajstić information content (AvgIpc) is 2.96. The maximum atomic E-state index is 6.08. The number of nitrogens with one attached hydrogen (secondary N) is 1. The van der Waals surface area contributed by atoms with E-state index >= 15 is 0 Å². The van der Waals surface area contributed by atoms with Crippen molar-refractivity contribution in [3.8, 4) is 5.75 Å². The highest BCUT2D eigenvalue weighted by atomic mass is 35.5. The summed E-state index contributed by atoms with van der Waals surface area (Å²) in [6, 6.07) is 5.33. The molecule has 3 N–H and O–H groups in total. The zero-order valence-corrected chi connectivity index (χ0v) is 13.7. The lowest BCUT2D eigenvalue weighted by atomic mass is 10.2. The van der Waals surface area contributed by atoms with Crippen LogP contribution in [-0.4, -0.2) is 27.8 Å². The molecule has 1 aromatic heterocycles. The minimum Gasteiger partial charge on any atom is -0.495 e. The van der Waals surface area contributed by atoms with Crippen LogP contribution in [-0.2, 0) is 19.5 Å². The fourth-order valence-electron chi connectivity index (χ4n) is 2.57. The second kappa shape index (κ2) is 6.87. The molecule has 0 radical (unpaired) electrons. The van der Waals surface area contributed by atoms with Crippen molar-refractivity contribution >= 4 is 23.2 Å². The van der Waals surface area contributed by atoms with Crippen molar-refractivity contribution in [2.45, 2.75) is 32.4 Å². The Hall–Kier alpha value is -2.28. The van der Waals surface area contributed by atoms with Crippen LogP contribution < -0.4 is 15.8 Å². The van der Waals surface area contributed by atoms with Gasteiger partial charge >= 0.3 is 0 Å². The smallest absolute Gasteiger partial charge is 0.193 e. The van der Waals surface area contributed by atoms with Gasteiger partial charge in [-0.2, -0.15) is 0 Å². The average molecular weight is 335 g/mol. The molecule has 0 bridgehead atoms. The van der Waals surface area contributed by atoms with Crippen molar-refractivity contribution in [2.75, 3.05) is 12.4 Å². The van der Waals surface area contributed by atoms with Gasteiger partial charge in [-0.15, -0.1) is 10.2 Å². The van der Waals surface area contributed by atoms with Crippen LogP contribution in [0.5, 0.6) is 5.75 Å². The number of anilines is 1. The van der Waals surface area contributed by atoms with Crippen molar-refractivity contribution in [1.82, 2.24) is 14.8 Å². The fraction of sp³-hybridized carbons (Fsp3) is 0.400. The van der Waals surface area contributed by atoms with Gasteiger partial charge in [-0.25, -0.2) is 4.99 Å². The van der Waals surface area contributed by atoms with Gasteiger partial charge in [-0.3, -0.25) is 0 Å². The molecular weight excluding hydrogens is 316 g/mol. The first-order valence-corrected chi connectivity index (χ1v) is 7.86. The van der Waals surface area contributed by atoms with Crippen LogP contribution in [0.4, 0.5) is 5.69 Å². The van der Waals surface area contributed by atoms with Gasteiger partial charge in [-0.05, 0) is 31.0 Å². The summed E-state index contributed by atoms with van der Waals surface area (Å²) in [5.41, 5.74) is 6.68. The minimum atomic E-state index is 0.305. The van der Waals surface area contributed by atoms with Crippen LogP contribution in [0.15, 0.2) is 23.2 Å². The van der Waals surface area contributed by atoms with Crippen LogP contribution in [0.3, 0.4) is 0 Å².